The fourth-order valence-electron chi connectivity index (χ4n) is 2.56. The molecule has 0 fully saturated rings. The van der Waals surface area contributed by atoms with Crippen LogP contribution in [0.15, 0.2) is 60.0 Å². The minimum atomic E-state index is -1.06. The first-order valence-electron chi connectivity index (χ1n) is 7.90. The van der Waals surface area contributed by atoms with Gasteiger partial charge in [0.1, 0.15) is 10.6 Å². The lowest BCUT2D eigenvalue weighted by Crippen LogP contribution is -2.13. The Morgan fingerprint density at radius 1 is 1.04 bits per heavy atom. The minimum absolute atomic E-state index is 0.124. The van der Waals surface area contributed by atoms with Crippen LogP contribution in [0.3, 0.4) is 0 Å². The zero-order chi connectivity index (χ0) is 17.8. The number of amides is 1. The molecule has 5 heteroatoms. The highest BCUT2D eigenvalue weighted by Crippen LogP contribution is 2.36. The van der Waals surface area contributed by atoms with E-state index in [0.717, 1.165) is 12.0 Å². The van der Waals surface area contributed by atoms with Crippen LogP contribution in [0.5, 0.6) is 0 Å². The molecule has 2 N–H and O–H groups in total. The van der Waals surface area contributed by atoms with Crippen molar-refractivity contribution in [1.82, 2.24) is 0 Å². The molecule has 0 aliphatic heterocycles. The quantitative estimate of drug-likeness (QED) is 0.685. The average molecular weight is 351 g/mol. The van der Waals surface area contributed by atoms with Gasteiger partial charge in [0.25, 0.3) is 5.91 Å². The third-order valence-electron chi connectivity index (χ3n) is 3.94. The monoisotopic (exact) mass is 351 g/mol. The van der Waals surface area contributed by atoms with E-state index in [9.17, 15) is 14.7 Å². The molecule has 0 aliphatic carbocycles. The molecule has 25 heavy (non-hydrogen) atoms. The van der Waals surface area contributed by atoms with Crippen molar-refractivity contribution in [2.45, 2.75) is 13.3 Å². The molecule has 0 saturated carbocycles. The zero-order valence-electron chi connectivity index (χ0n) is 13.7. The van der Waals surface area contributed by atoms with E-state index < -0.39 is 5.97 Å². The van der Waals surface area contributed by atoms with Gasteiger partial charge in [0.05, 0.1) is 0 Å². The number of benzene rings is 2. The van der Waals surface area contributed by atoms with Crippen LogP contribution >= 0.6 is 11.3 Å². The van der Waals surface area contributed by atoms with E-state index in [0.29, 0.717) is 16.1 Å². The number of thiophene rings is 1. The van der Waals surface area contributed by atoms with Gasteiger partial charge in [-0.3, -0.25) is 4.79 Å². The predicted molar refractivity (Wildman–Crippen MR) is 100 cm³/mol. The number of hydrogen-bond acceptors (Lipinski definition) is 3. The summed E-state index contributed by atoms with van der Waals surface area (Å²) in [6.45, 7) is 2.07. The number of nitrogens with one attached hydrogen (secondary N) is 1. The number of carbonyl (C=O) groups is 2. The molecule has 0 radical (unpaired) electrons. The van der Waals surface area contributed by atoms with E-state index in [-0.39, 0.29) is 11.5 Å². The Kier molecular flexibility index (Phi) is 4.95. The summed E-state index contributed by atoms with van der Waals surface area (Å²) in [6, 6.07) is 16.5. The molecule has 1 heterocycles. The van der Waals surface area contributed by atoms with Gasteiger partial charge in [-0.2, -0.15) is 0 Å². The molecule has 3 aromatic rings. The molecule has 0 spiro atoms. The molecule has 0 unspecified atom stereocenters. The Hall–Kier alpha value is -2.92. The maximum Gasteiger partial charge on any atom is 0.339 e. The van der Waals surface area contributed by atoms with Gasteiger partial charge in [-0.1, -0.05) is 49.4 Å². The molecular weight excluding hydrogens is 334 g/mol. The van der Waals surface area contributed by atoms with E-state index in [2.05, 4.69) is 12.2 Å². The SMILES string of the molecule is CCc1ccc(-c2csc(NC(=O)c3ccccc3)c2C(=O)O)cc1. The van der Waals surface area contributed by atoms with Crippen LogP contribution in [-0.2, 0) is 6.42 Å². The number of aromatic carboxylic acids is 1. The molecule has 1 amide bonds. The highest BCUT2D eigenvalue weighted by molar-refractivity contribution is 7.15. The second-order valence-electron chi connectivity index (χ2n) is 5.53. The van der Waals surface area contributed by atoms with Crippen molar-refractivity contribution in [1.29, 1.82) is 0 Å². The van der Waals surface area contributed by atoms with Crippen molar-refractivity contribution in [2.75, 3.05) is 5.32 Å². The smallest absolute Gasteiger partial charge is 0.339 e. The van der Waals surface area contributed by atoms with Gasteiger partial charge >= 0.3 is 5.97 Å². The maximum absolute atomic E-state index is 12.3. The van der Waals surface area contributed by atoms with Crippen molar-refractivity contribution in [3.63, 3.8) is 0 Å². The molecular formula is C20H17NO3S. The lowest BCUT2D eigenvalue weighted by atomic mass is 10.0. The van der Waals surface area contributed by atoms with Crippen LogP contribution in [0, 0.1) is 0 Å². The molecule has 3 rings (SSSR count). The van der Waals surface area contributed by atoms with E-state index >= 15 is 0 Å². The third kappa shape index (κ3) is 3.61. The minimum Gasteiger partial charge on any atom is -0.478 e. The van der Waals surface area contributed by atoms with Gasteiger partial charge in [-0.25, -0.2) is 4.79 Å². The first-order chi connectivity index (χ1) is 12.1. The molecule has 2 aromatic carbocycles. The molecule has 1 aromatic heterocycles. The Labute approximate surface area is 149 Å². The normalized spacial score (nSPS) is 10.4. The molecule has 126 valence electrons. The number of carboxylic acid groups (broad SMARTS) is 1. The number of aryl methyl sites for hydroxylation is 1. The summed E-state index contributed by atoms with van der Waals surface area (Å²) < 4.78 is 0. The molecule has 0 saturated heterocycles. The summed E-state index contributed by atoms with van der Waals surface area (Å²) in [5, 5.41) is 14.5. The topological polar surface area (TPSA) is 66.4 Å². The first kappa shape index (κ1) is 16.9. The largest absolute Gasteiger partial charge is 0.478 e. The Balaban J connectivity index is 1.94. The number of carbonyl (C=O) groups excluding carboxylic acids is 1. The highest BCUT2D eigenvalue weighted by Gasteiger charge is 2.21. The zero-order valence-corrected chi connectivity index (χ0v) is 14.5. The number of hydrogen-bond donors (Lipinski definition) is 2. The van der Waals surface area contributed by atoms with Gasteiger partial charge in [0.15, 0.2) is 0 Å². The van der Waals surface area contributed by atoms with E-state index in [1.807, 2.05) is 30.3 Å². The van der Waals surface area contributed by atoms with E-state index in [4.69, 9.17) is 0 Å². The van der Waals surface area contributed by atoms with E-state index in [1.54, 1.807) is 29.6 Å². The van der Waals surface area contributed by atoms with Crippen LogP contribution < -0.4 is 5.32 Å². The Morgan fingerprint density at radius 2 is 1.72 bits per heavy atom. The fourth-order valence-corrected chi connectivity index (χ4v) is 3.52. The highest BCUT2D eigenvalue weighted by atomic mass is 32.1. The summed E-state index contributed by atoms with van der Waals surface area (Å²) in [4.78, 5) is 24.1. The van der Waals surface area contributed by atoms with Crippen molar-refractivity contribution in [2.24, 2.45) is 0 Å². The summed E-state index contributed by atoms with van der Waals surface area (Å²) in [5.74, 6) is -1.38. The summed E-state index contributed by atoms with van der Waals surface area (Å²) in [6.07, 6.45) is 0.925. The second-order valence-corrected chi connectivity index (χ2v) is 6.41. The summed E-state index contributed by atoms with van der Waals surface area (Å²) >= 11 is 1.22. The van der Waals surface area contributed by atoms with Gasteiger partial charge < -0.3 is 10.4 Å². The standard InChI is InChI=1S/C20H17NO3S/c1-2-13-8-10-14(11-9-13)16-12-25-19(17(16)20(23)24)21-18(22)15-6-4-3-5-7-15/h3-12H,2H2,1H3,(H,21,22)(H,23,24). The second kappa shape index (κ2) is 7.32. The third-order valence-corrected chi connectivity index (χ3v) is 4.84. The lowest BCUT2D eigenvalue weighted by molar-refractivity contribution is 0.0699. The summed E-state index contributed by atoms with van der Waals surface area (Å²) in [7, 11) is 0. The van der Waals surface area contributed by atoms with Crippen LogP contribution in [-0.4, -0.2) is 17.0 Å². The number of anilines is 1. The van der Waals surface area contributed by atoms with Crippen molar-refractivity contribution >= 4 is 28.2 Å². The van der Waals surface area contributed by atoms with Crippen molar-refractivity contribution in [3.05, 3.63) is 76.7 Å². The van der Waals surface area contributed by atoms with Gasteiger partial charge in [-0.05, 0) is 29.7 Å². The number of rotatable bonds is 5. The summed E-state index contributed by atoms with van der Waals surface area (Å²) in [5.41, 5.74) is 3.24. The molecule has 0 atom stereocenters. The van der Waals surface area contributed by atoms with Crippen LogP contribution in [0.1, 0.15) is 33.2 Å². The Bertz CT molecular complexity index is 898. The molecule has 0 bridgehead atoms. The first-order valence-corrected chi connectivity index (χ1v) is 8.78. The van der Waals surface area contributed by atoms with E-state index in [1.165, 1.54) is 16.9 Å². The maximum atomic E-state index is 12.3. The van der Waals surface area contributed by atoms with Crippen molar-refractivity contribution in [3.8, 4) is 11.1 Å². The van der Waals surface area contributed by atoms with Crippen LogP contribution in [0.25, 0.3) is 11.1 Å². The number of carboxylic acids is 1. The molecule has 4 nitrogen and oxygen atoms in total. The average Bonchev–Trinajstić information content (AvgIpc) is 3.06. The Morgan fingerprint density at radius 3 is 2.32 bits per heavy atom. The van der Waals surface area contributed by atoms with Crippen molar-refractivity contribution < 1.29 is 14.7 Å². The van der Waals surface area contributed by atoms with Gasteiger partial charge in [0, 0.05) is 16.5 Å². The van der Waals surface area contributed by atoms with Crippen LogP contribution in [0.2, 0.25) is 0 Å². The lowest BCUT2D eigenvalue weighted by Gasteiger charge is -2.06. The molecule has 0 aliphatic rings. The van der Waals surface area contributed by atoms with Gasteiger partial charge in [0.2, 0.25) is 0 Å². The predicted octanol–water partition coefficient (Wildman–Crippen LogP) is 4.93. The van der Waals surface area contributed by atoms with Crippen LogP contribution in [0.4, 0.5) is 5.00 Å². The fraction of sp³-hybridized carbons (Fsp3) is 0.100. The van der Waals surface area contributed by atoms with Gasteiger partial charge in [-0.15, -0.1) is 11.3 Å².